The third-order valence-electron chi connectivity index (χ3n) is 5.01. The number of H-pyrrole nitrogens is 1. The minimum Gasteiger partial charge on any atom is -0.317 e. The van der Waals surface area contributed by atoms with Crippen LogP contribution in [0.15, 0.2) is 35.1 Å². The van der Waals surface area contributed by atoms with Crippen LogP contribution in [0.4, 0.5) is 8.78 Å². The van der Waals surface area contributed by atoms with Crippen LogP contribution in [0.25, 0.3) is 22.0 Å². The minimum atomic E-state index is -0.570. The van der Waals surface area contributed by atoms with Crippen molar-refractivity contribution in [1.82, 2.24) is 15.3 Å². The molecule has 0 unspecified atom stereocenters. The number of fused-ring (bicyclic) bond motifs is 1. The van der Waals surface area contributed by atoms with Gasteiger partial charge < -0.3 is 10.3 Å². The summed E-state index contributed by atoms with van der Waals surface area (Å²) in [5.74, 6) is -0.272. The highest BCUT2D eigenvalue weighted by Gasteiger charge is 2.20. The summed E-state index contributed by atoms with van der Waals surface area (Å²) in [6, 6.07) is 7.58. The van der Waals surface area contributed by atoms with E-state index in [-0.39, 0.29) is 28.2 Å². The number of nitrogens with one attached hydrogen (secondary N) is 2. The fourth-order valence-corrected chi connectivity index (χ4v) is 3.45. The van der Waals surface area contributed by atoms with Crippen LogP contribution in [0.3, 0.4) is 0 Å². The number of piperidine rings is 1. The van der Waals surface area contributed by atoms with E-state index < -0.39 is 5.82 Å². The molecule has 0 bridgehead atoms. The zero-order chi connectivity index (χ0) is 18.3. The van der Waals surface area contributed by atoms with Crippen LogP contribution >= 0.6 is 0 Å². The van der Waals surface area contributed by atoms with E-state index in [1.54, 1.807) is 25.1 Å². The van der Waals surface area contributed by atoms with Crippen LogP contribution in [0, 0.1) is 18.6 Å². The van der Waals surface area contributed by atoms with Crippen LogP contribution in [0.5, 0.6) is 0 Å². The zero-order valence-electron chi connectivity index (χ0n) is 14.4. The molecular weight excluding hydrogens is 336 g/mol. The van der Waals surface area contributed by atoms with Crippen LogP contribution in [0.2, 0.25) is 0 Å². The van der Waals surface area contributed by atoms with Crippen molar-refractivity contribution in [2.75, 3.05) is 13.1 Å². The molecule has 0 aliphatic carbocycles. The maximum atomic E-state index is 14.7. The van der Waals surface area contributed by atoms with E-state index in [9.17, 15) is 13.6 Å². The van der Waals surface area contributed by atoms with E-state index in [1.165, 1.54) is 12.1 Å². The highest BCUT2D eigenvalue weighted by atomic mass is 19.1. The van der Waals surface area contributed by atoms with Gasteiger partial charge in [0.05, 0.1) is 5.39 Å². The predicted octanol–water partition coefficient (Wildman–Crippen LogP) is 3.64. The number of aromatic amines is 1. The number of rotatable bonds is 2. The summed E-state index contributed by atoms with van der Waals surface area (Å²) in [6.07, 6.45) is 1.72. The van der Waals surface area contributed by atoms with Crippen LogP contribution in [0.1, 0.15) is 30.1 Å². The fraction of sp³-hybridized carbons (Fsp3) is 0.300. The first-order valence-electron chi connectivity index (χ1n) is 8.73. The topological polar surface area (TPSA) is 57.8 Å². The van der Waals surface area contributed by atoms with Crippen molar-refractivity contribution in [1.29, 1.82) is 0 Å². The Morgan fingerprint density at radius 1 is 1.04 bits per heavy atom. The van der Waals surface area contributed by atoms with Gasteiger partial charge in [0.2, 0.25) is 0 Å². The Morgan fingerprint density at radius 2 is 1.77 bits per heavy atom. The summed E-state index contributed by atoms with van der Waals surface area (Å²) in [4.78, 5) is 19.8. The molecular formula is C20H19F2N3O. The standard InChI is InChI=1S/C20H19F2N3O/c1-11-2-3-13(9-16(11)21)14-8-15-18(17(22)10-14)24-19(25-20(15)26)12-4-6-23-7-5-12/h2-3,8-10,12,23H,4-7H2,1H3,(H,24,25,26). The van der Waals surface area contributed by atoms with Crippen molar-refractivity contribution in [3.8, 4) is 11.1 Å². The van der Waals surface area contributed by atoms with Crippen molar-refractivity contribution in [3.63, 3.8) is 0 Å². The number of benzene rings is 2. The van der Waals surface area contributed by atoms with E-state index >= 15 is 0 Å². The largest absolute Gasteiger partial charge is 0.317 e. The van der Waals surface area contributed by atoms with E-state index in [4.69, 9.17) is 0 Å². The summed E-state index contributed by atoms with van der Waals surface area (Å²) in [5.41, 5.74) is 1.20. The van der Waals surface area contributed by atoms with Gasteiger partial charge in [-0.05, 0) is 67.7 Å². The van der Waals surface area contributed by atoms with Crippen LogP contribution in [-0.4, -0.2) is 23.1 Å². The molecule has 1 aliphatic heterocycles. The smallest absolute Gasteiger partial charge is 0.258 e. The molecule has 0 radical (unpaired) electrons. The molecule has 2 aromatic carbocycles. The molecule has 1 aromatic heterocycles. The van der Waals surface area contributed by atoms with Crippen molar-refractivity contribution in [2.45, 2.75) is 25.7 Å². The van der Waals surface area contributed by atoms with E-state index in [1.807, 2.05) is 0 Å². The van der Waals surface area contributed by atoms with Gasteiger partial charge in [0.25, 0.3) is 5.56 Å². The Labute approximate surface area is 149 Å². The van der Waals surface area contributed by atoms with Crippen molar-refractivity contribution < 1.29 is 8.78 Å². The third-order valence-corrected chi connectivity index (χ3v) is 5.01. The Bertz CT molecular complexity index is 1040. The number of hydrogen-bond acceptors (Lipinski definition) is 3. The van der Waals surface area contributed by atoms with E-state index in [2.05, 4.69) is 15.3 Å². The Kier molecular flexibility index (Phi) is 4.28. The third kappa shape index (κ3) is 3.01. The molecule has 1 fully saturated rings. The first-order valence-corrected chi connectivity index (χ1v) is 8.73. The van der Waals surface area contributed by atoms with Gasteiger partial charge in [-0.25, -0.2) is 13.8 Å². The van der Waals surface area contributed by atoms with Crippen molar-refractivity contribution in [2.24, 2.45) is 0 Å². The van der Waals surface area contributed by atoms with Gasteiger partial charge in [0, 0.05) is 5.92 Å². The minimum absolute atomic E-state index is 0.0682. The summed E-state index contributed by atoms with van der Waals surface area (Å²) in [7, 11) is 0. The molecule has 134 valence electrons. The molecule has 1 saturated heterocycles. The molecule has 2 N–H and O–H groups in total. The van der Waals surface area contributed by atoms with Crippen LogP contribution in [-0.2, 0) is 0 Å². The number of aryl methyl sites for hydroxylation is 1. The maximum absolute atomic E-state index is 14.7. The Morgan fingerprint density at radius 3 is 2.50 bits per heavy atom. The molecule has 1 aliphatic rings. The van der Waals surface area contributed by atoms with Gasteiger partial charge in [-0.1, -0.05) is 12.1 Å². The second kappa shape index (κ2) is 6.61. The van der Waals surface area contributed by atoms with Gasteiger partial charge in [-0.2, -0.15) is 0 Å². The number of halogens is 2. The quantitative estimate of drug-likeness (QED) is 0.738. The molecule has 0 amide bonds. The molecule has 3 aromatic rings. The molecule has 2 heterocycles. The molecule has 6 heteroatoms. The van der Waals surface area contributed by atoms with Crippen molar-refractivity contribution in [3.05, 3.63) is 63.7 Å². The lowest BCUT2D eigenvalue weighted by Crippen LogP contribution is -2.28. The van der Waals surface area contributed by atoms with E-state index in [0.717, 1.165) is 25.9 Å². The normalized spacial score (nSPS) is 15.5. The molecule has 4 nitrogen and oxygen atoms in total. The molecule has 0 saturated carbocycles. The lowest BCUT2D eigenvalue weighted by Gasteiger charge is -2.21. The van der Waals surface area contributed by atoms with Gasteiger partial charge in [-0.15, -0.1) is 0 Å². The Balaban J connectivity index is 1.83. The highest BCUT2D eigenvalue weighted by molar-refractivity contribution is 5.84. The Hall–Kier alpha value is -2.60. The number of hydrogen-bond donors (Lipinski definition) is 2. The second-order valence-electron chi connectivity index (χ2n) is 6.79. The average molecular weight is 355 g/mol. The first-order chi connectivity index (χ1) is 12.5. The number of nitrogens with zero attached hydrogens (tertiary/aromatic N) is 1. The molecule has 4 rings (SSSR count). The van der Waals surface area contributed by atoms with Gasteiger partial charge in [0.15, 0.2) is 0 Å². The maximum Gasteiger partial charge on any atom is 0.258 e. The fourth-order valence-electron chi connectivity index (χ4n) is 3.45. The summed E-state index contributed by atoms with van der Waals surface area (Å²) in [6.45, 7) is 3.37. The zero-order valence-corrected chi connectivity index (χ0v) is 14.4. The van der Waals surface area contributed by atoms with Crippen LogP contribution < -0.4 is 10.9 Å². The molecule has 0 atom stereocenters. The number of aromatic nitrogens is 2. The van der Waals surface area contributed by atoms with Gasteiger partial charge >= 0.3 is 0 Å². The lowest BCUT2D eigenvalue weighted by molar-refractivity contribution is 0.445. The first kappa shape index (κ1) is 16.8. The summed E-state index contributed by atoms with van der Waals surface area (Å²) >= 11 is 0. The lowest BCUT2D eigenvalue weighted by atomic mass is 9.97. The second-order valence-corrected chi connectivity index (χ2v) is 6.79. The SMILES string of the molecule is Cc1ccc(-c2cc(F)c3nc(C4CCNCC4)[nH]c(=O)c3c2)cc1F. The predicted molar refractivity (Wildman–Crippen MR) is 97.3 cm³/mol. The molecule has 0 spiro atoms. The average Bonchev–Trinajstić information content (AvgIpc) is 2.65. The van der Waals surface area contributed by atoms with E-state index in [0.29, 0.717) is 22.5 Å². The summed E-state index contributed by atoms with van der Waals surface area (Å²) in [5, 5.41) is 3.44. The van der Waals surface area contributed by atoms with Gasteiger partial charge in [0.1, 0.15) is 23.0 Å². The highest BCUT2D eigenvalue weighted by Crippen LogP contribution is 2.28. The van der Waals surface area contributed by atoms with Crippen molar-refractivity contribution >= 4 is 10.9 Å². The molecule has 26 heavy (non-hydrogen) atoms. The van der Waals surface area contributed by atoms with Gasteiger partial charge in [-0.3, -0.25) is 4.79 Å². The monoisotopic (exact) mass is 355 g/mol. The summed E-state index contributed by atoms with van der Waals surface area (Å²) < 4.78 is 28.6.